The van der Waals surface area contributed by atoms with Gasteiger partial charge in [-0.1, -0.05) is 0 Å². The van der Waals surface area contributed by atoms with Gasteiger partial charge in [-0.2, -0.15) is 11.3 Å². The van der Waals surface area contributed by atoms with Crippen LogP contribution in [0.15, 0.2) is 27.3 Å². The summed E-state index contributed by atoms with van der Waals surface area (Å²) in [7, 11) is 0. The minimum atomic E-state index is 0.0135. The van der Waals surface area contributed by atoms with Gasteiger partial charge in [-0.05, 0) is 61.1 Å². The number of hydrogen-bond acceptors (Lipinski definition) is 4. The number of aryl methyl sites for hydroxylation is 2. The number of thiophene rings is 1. The number of nitrogens with one attached hydrogen (secondary N) is 1. The number of carbonyl (C=O) groups excluding carboxylic acids is 2. The summed E-state index contributed by atoms with van der Waals surface area (Å²) in [5, 5.41) is 7.19. The minimum Gasteiger partial charge on any atom is -0.466 e. The highest BCUT2D eigenvalue weighted by molar-refractivity contribution is 7.08. The van der Waals surface area contributed by atoms with Gasteiger partial charge < -0.3 is 14.6 Å². The Balaban J connectivity index is 1.44. The number of nitrogens with zero attached hydrogens (tertiary/aromatic N) is 1. The molecule has 2 aromatic rings. The summed E-state index contributed by atoms with van der Waals surface area (Å²) in [6.45, 7) is 4.98. The molecule has 4 rings (SSSR count). The second-order valence-corrected chi connectivity index (χ2v) is 8.30. The van der Waals surface area contributed by atoms with E-state index in [0.717, 1.165) is 17.9 Å². The predicted molar refractivity (Wildman–Crippen MR) is 100 cm³/mol. The molecule has 26 heavy (non-hydrogen) atoms. The normalized spacial score (nSPS) is 22.6. The zero-order chi connectivity index (χ0) is 18.3. The zero-order valence-corrected chi connectivity index (χ0v) is 16.0. The fraction of sp³-hybridized carbons (Fsp3) is 0.500. The molecule has 1 aliphatic heterocycles. The summed E-state index contributed by atoms with van der Waals surface area (Å²) in [6.07, 6.45) is 2.81. The van der Waals surface area contributed by atoms with Crippen molar-refractivity contribution in [3.63, 3.8) is 0 Å². The van der Waals surface area contributed by atoms with Crippen LogP contribution in [0.4, 0.5) is 0 Å². The van der Waals surface area contributed by atoms with Crippen LogP contribution in [-0.4, -0.2) is 35.8 Å². The van der Waals surface area contributed by atoms with E-state index in [1.807, 2.05) is 41.6 Å². The topological polar surface area (TPSA) is 62.6 Å². The highest BCUT2D eigenvalue weighted by Gasteiger charge is 2.44. The Morgan fingerprint density at radius 3 is 2.73 bits per heavy atom. The van der Waals surface area contributed by atoms with Crippen molar-refractivity contribution in [1.82, 2.24) is 10.2 Å². The highest BCUT2D eigenvalue weighted by Crippen LogP contribution is 2.41. The van der Waals surface area contributed by atoms with Crippen molar-refractivity contribution >= 4 is 23.2 Å². The van der Waals surface area contributed by atoms with Gasteiger partial charge in [0.05, 0.1) is 18.0 Å². The average molecular weight is 372 g/mol. The largest absolute Gasteiger partial charge is 0.466 e. The standard InChI is InChI=1S/C20H24N2O3S/c1-12-7-16(13(2)25-12)20(24)22-9-17(15-3-4-15)18(10-22)21-19(23)8-14-5-6-26-11-14/h5-7,11,15,17-18H,3-4,8-10H2,1-2H3,(H,21,23). The predicted octanol–water partition coefficient (Wildman–Crippen LogP) is 3.17. The van der Waals surface area contributed by atoms with Crippen molar-refractivity contribution in [2.45, 2.75) is 39.2 Å². The van der Waals surface area contributed by atoms with Gasteiger partial charge in [0.1, 0.15) is 11.5 Å². The lowest BCUT2D eigenvalue weighted by atomic mass is 9.98. The van der Waals surface area contributed by atoms with Crippen LogP contribution in [0.25, 0.3) is 0 Å². The van der Waals surface area contributed by atoms with Gasteiger partial charge >= 0.3 is 0 Å². The van der Waals surface area contributed by atoms with Crippen molar-refractivity contribution in [2.75, 3.05) is 13.1 Å². The molecule has 2 aromatic heterocycles. The number of hydrogen-bond donors (Lipinski definition) is 1. The van der Waals surface area contributed by atoms with Gasteiger partial charge in [-0.15, -0.1) is 0 Å². The summed E-state index contributed by atoms with van der Waals surface area (Å²) >= 11 is 1.60. The molecule has 0 bridgehead atoms. The summed E-state index contributed by atoms with van der Waals surface area (Å²) in [5.74, 6) is 2.47. The van der Waals surface area contributed by atoms with Gasteiger partial charge in [0.15, 0.2) is 0 Å². The van der Waals surface area contributed by atoms with Crippen molar-refractivity contribution in [3.05, 3.63) is 45.5 Å². The highest BCUT2D eigenvalue weighted by atomic mass is 32.1. The van der Waals surface area contributed by atoms with Crippen LogP contribution in [0.3, 0.4) is 0 Å². The van der Waals surface area contributed by atoms with Crippen LogP contribution in [0.5, 0.6) is 0 Å². The van der Waals surface area contributed by atoms with E-state index < -0.39 is 0 Å². The van der Waals surface area contributed by atoms with E-state index in [-0.39, 0.29) is 17.9 Å². The number of likely N-dealkylation sites (tertiary alicyclic amines) is 1. The zero-order valence-electron chi connectivity index (χ0n) is 15.2. The third-order valence-corrected chi connectivity index (χ3v) is 6.17. The van der Waals surface area contributed by atoms with Gasteiger partial charge in [-0.25, -0.2) is 0 Å². The molecule has 2 amide bonds. The number of carbonyl (C=O) groups is 2. The SMILES string of the molecule is Cc1cc(C(=O)N2CC(NC(=O)Cc3ccsc3)C(C3CC3)C2)c(C)o1. The lowest BCUT2D eigenvalue weighted by Crippen LogP contribution is -2.42. The van der Waals surface area contributed by atoms with E-state index in [2.05, 4.69) is 5.32 Å². The van der Waals surface area contributed by atoms with Crippen molar-refractivity contribution in [1.29, 1.82) is 0 Å². The first-order valence-electron chi connectivity index (χ1n) is 9.18. The van der Waals surface area contributed by atoms with Crippen molar-refractivity contribution < 1.29 is 14.0 Å². The third kappa shape index (κ3) is 3.56. The molecule has 0 aromatic carbocycles. The lowest BCUT2D eigenvalue weighted by molar-refractivity contribution is -0.121. The van der Waals surface area contributed by atoms with E-state index in [1.54, 1.807) is 11.3 Å². The van der Waals surface area contributed by atoms with Crippen LogP contribution >= 0.6 is 11.3 Å². The first-order valence-corrected chi connectivity index (χ1v) is 10.1. The molecule has 3 heterocycles. The van der Waals surface area contributed by atoms with Crippen molar-refractivity contribution in [3.8, 4) is 0 Å². The van der Waals surface area contributed by atoms with Gasteiger partial charge in [-0.3, -0.25) is 9.59 Å². The number of amides is 2. The maximum absolute atomic E-state index is 12.9. The Bertz CT molecular complexity index is 807. The molecule has 2 aliphatic rings. The monoisotopic (exact) mass is 372 g/mol. The fourth-order valence-corrected chi connectivity index (χ4v) is 4.67. The Morgan fingerprint density at radius 1 is 1.31 bits per heavy atom. The van der Waals surface area contributed by atoms with E-state index in [0.29, 0.717) is 36.1 Å². The van der Waals surface area contributed by atoms with E-state index in [1.165, 1.54) is 12.8 Å². The molecule has 0 spiro atoms. The van der Waals surface area contributed by atoms with E-state index in [4.69, 9.17) is 4.42 Å². The second kappa shape index (κ2) is 6.91. The molecule has 2 unspecified atom stereocenters. The maximum atomic E-state index is 12.9. The molecule has 5 nitrogen and oxygen atoms in total. The summed E-state index contributed by atoms with van der Waals surface area (Å²) in [5.41, 5.74) is 1.69. The van der Waals surface area contributed by atoms with Crippen LogP contribution in [-0.2, 0) is 11.2 Å². The number of furan rings is 1. The molecule has 138 valence electrons. The van der Waals surface area contributed by atoms with E-state index in [9.17, 15) is 9.59 Å². The van der Waals surface area contributed by atoms with Gasteiger partial charge in [0.25, 0.3) is 5.91 Å². The van der Waals surface area contributed by atoms with Crippen molar-refractivity contribution in [2.24, 2.45) is 11.8 Å². The smallest absolute Gasteiger partial charge is 0.257 e. The molecule has 1 N–H and O–H groups in total. The number of rotatable bonds is 5. The first-order chi connectivity index (χ1) is 12.5. The summed E-state index contributed by atoms with van der Waals surface area (Å²) in [6, 6.07) is 3.84. The third-order valence-electron chi connectivity index (χ3n) is 5.44. The Kier molecular flexibility index (Phi) is 4.61. The van der Waals surface area contributed by atoms with Gasteiger partial charge in [0.2, 0.25) is 5.91 Å². The molecular weight excluding hydrogens is 348 g/mol. The minimum absolute atomic E-state index is 0.0135. The summed E-state index contributed by atoms with van der Waals surface area (Å²) < 4.78 is 5.52. The molecule has 6 heteroatoms. The molecule has 1 saturated carbocycles. The van der Waals surface area contributed by atoms with E-state index >= 15 is 0 Å². The Hall–Kier alpha value is -2.08. The van der Waals surface area contributed by atoms with Crippen LogP contribution in [0, 0.1) is 25.7 Å². The first kappa shape index (κ1) is 17.3. The van der Waals surface area contributed by atoms with Gasteiger partial charge in [0, 0.05) is 19.0 Å². The molecular formula is C20H24N2O3S. The molecule has 1 aliphatic carbocycles. The lowest BCUT2D eigenvalue weighted by Gasteiger charge is -2.19. The summed E-state index contributed by atoms with van der Waals surface area (Å²) in [4.78, 5) is 27.2. The average Bonchev–Trinajstić information content (AvgIpc) is 2.99. The molecule has 0 radical (unpaired) electrons. The molecule has 2 atom stereocenters. The molecule has 1 saturated heterocycles. The quantitative estimate of drug-likeness (QED) is 0.877. The fourth-order valence-electron chi connectivity index (χ4n) is 4.00. The van der Waals surface area contributed by atoms with Crippen LogP contribution in [0.2, 0.25) is 0 Å². The Morgan fingerprint density at radius 2 is 2.12 bits per heavy atom. The van der Waals surface area contributed by atoms with Crippen LogP contribution < -0.4 is 5.32 Å². The Labute approximate surface area is 157 Å². The molecule has 2 fully saturated rings. The second-order valence-electron chi connectivity index (χ2n) is 7.52. The maximum Gasteiger partial charge on any atom is 0.257 e. The van der Waals surface area contributed by atoms with Crippen LogP contribution in [0.1, 0.15) is 40.3 Å².